The van der Waals surface area contributed by atoms with Crippen LogP contribution < -0.4 is 9.80 Å². The molecule has 0 fully saturated rings. The summed E-state index contributed by atoms with van der Waals surface area (Å²) in [6.07, 6.45) is 0. The van der Waals surface area contributed by atoms with E-state index in [0.29, 0.717) is 32.6 Å². The molecule has 13 rings (SSSR count). The first-order chi connectivity index (χ1) is 42.9. The first-order valence-electron chi connectivity index (χ1n) is 34.2. The summed E-state index contributed by atoms with van der Waals surface area (Å²) in [4.78, 5) is 2.00. The third-order valence-electron chi connectivity index (χ3n) is 12.4. The first kappa shape index (κ1) is 20.6. The number of anilines is 6. The molecule has 4 aromatic heterocycles. The summed E-state index contributed by atoms with van der Waals surface area (Å²) >= 11 is 0. The Morgan fingerprint density at radius 1 is 0.348 bits per heavy atom. The molecule has 4 heteroatoms. The van der Waals surface area contributed by atoms with E-state index in [1.807, 2.05) is 53.7 Å². The molecular formula is C62H50N4. The summed E-state index contributed by atoms with van der Waals surface area (Å²) in [7, 11) is 0. The highest BCUT2D eigenvalue weighted by molar-refractivity contribution is 6.32. The maximum absolute atomic E-state index is 9.86. The minimum Gasteiger partial charge on any atom is -0.310 e. The Bertz CT molecular complexity index is 4980. The Morgan fingerprint density at radius 3 is 1.00 bits per heavy atom. The molecule has 4 heterocycles. The van der Waals surface area contributed by atoms with Crippen LogP contribution in [0.15, 0.2) is 194 Å². The fraction of sp³-hybridized carbons (Fsp3) is 0.129. The van der Waals surface area contributed by atoms with E-state index in [2.05, 4.69) is 0 Å². The van der Waals surface area contributed by atoms with Gasteiger partial charge in [0.15, 0.2) is 0 Å². The quantitative estimate of drug-likeness (QED) is 0.165. The minimum absolute atomic E-state index is 0.0232. The largest absolute Gasteiger partial charge is 0.310 e. The van der Waals surface area contributed by atoms with Crippen LogP contribution in [0, 0.1) is 0 Å². The molecule has 0 saturated heterocycles. The Morgan fingerprint density at radius 2 is 0.682 bits per heavy atom. The maximum Gasteiger partial charge on any atom is 0.0645 e. The molecule has 66 heavy (non-hydrogen) atoms. The fourth-order valence-corrected chi connectivity index (χ4v) is 9.83. The van der Waals surface area contributed by atoms with E-state index in [4.69, 9.17) is 16.4 Å². The Balaban J connectivity index is 1.29. The van der Waals surface area contributed by atoms with Gasteiger partial charge in [-0.1, -0.05) is 162 Å². The van der Waals surface area contributed by atoms with Gasteiger partial charge in [0.1, 0.15) is 0 Å². The van der Waals surface area contributed by atoms with Gasteiger partial charge < -0.3 is 18.6 Å². The van der Waals surface area contributed by atoms with Crippen LogP contribution >= 0.6 is 0 Å². The van der Waals surface area contributed by atoms with Crippen LogP contribution in [-0.2, 0) is 10.8 Å². The number of hydrogen-bond donors (Lipinski definition) is 0. The summed E-state index contributed by atoms with van der Waals surface area (Å²) < 4.78 is 241. The second-order valence-electron chi connectivity index (χ2n) is 18.3. The van der Waals surface area contributed by atoms with Crippen molar-refractivity contribution in [2.75, 3.05) is 9.80 Å². The molecular weight excluding hydrogens is 801 g/mol. The highest BCUT2D eigenvalue weighted by atomic mass is 15.2. The lowest BCUT2D eigenvalue weighted by Crippen LogP contribution is -2.12. The van der Waals surface area contributed by atoms with Crippen LogP contribution in [0.5, 0.6) is 0 Å². The summed E-state index contributed by atoms with van der Waals surface area (Å²) in [5.74, 6) is 0. The van der Waals surface area contributed by atoms with E-state index in [1.54, 1.807) is 20.9 Å². The molecule has 0 saturated carbocycles. The van der Waals surface area contributed by atoms with Gasteiger partial charge in [-0.2, -0.15) is 0 Å². The smallest absolute Gasteiger partial charge is 0.0645 e. The van der Waals surface area contributed by atoms with E-state index < -0.39 is 179 Å². The molecule has 0 amide bonds. The summed E-state index contributed by atoms with van der Waals surface area (Å²) in [5, 5.41) is 1.89. The summed E-state index contributed by atoms with van der Waals surface area (Å²) in [6, 6.07) is -9.02. The molecule has 0 atom stereocenters. The van der Waals surface area contributed by atoms with Crippen molar-refractivity contribution in [2.45, 2.75) is 52.4 Å². The molecule has 9 aromatic carbocycles. The average molecular weight is 877 g/mol. The van der Waals surface area contributed by atoms with Crippen molar-refractivity contribution in [3.8, 4) is 0 Å². The third kappa shape index (κ3) is 5.39. The van der Waals surface area contributed by atoms with Gasteiger partial charge in [0.2, 0.25) is 0 Å². The van der Waals surface area contributed by atoms with E-state index >= 15 is 0 Å². The lowest BCUT2D eigenvalue weighted by atomic mass is 9.85. The summed E-state index contributed by atoms with van der Waals surface area (Å²) in [6.45, 7) is 10.9. The van der Waals surface area contributed by atoms with Gasteiger partial charge in [-0.3, -0.25) is 0 Å². The SMILES string of the molecule is [2H]c1c([2H])c([2H])c(N(c2c([2H])c([2H])c([2H])c([2H])c2[2H])c2ccc3c4cc5c(cc4n4c6c(C(C)(C)C)c([2H])c([2H])c([2H])c6c2c34)c2ccc(N(c3c([2H])c([2H])c([2H])c([2H])c3[2H])c3c([2H])c([2H])c([2H])c([2H])c3[2H])c3c4c([2H])c([2H])c([2H])c(C(C)(C)C)c4n5c23)c([2H])c1[2H]. The highest BCUT2D eigenvalue weighted by Crippen LogP contribution is 2.52. The zero-order valence-corrected chi connectivity index (χ0v) is 36.3. The minimum atomic E-state index is -1.00. The predicted octanol–water partition coefficient (Wildman–Crippen LogP) is 17.5. The molecule has 0 spiro atoms. The topological polar surface area (TPSA) is 15.3 Å². The van der Waals surface area contributed by atoms with Crippen molar-refractivity contribution in [1.82, 2.24) is 8.80 Å². The van der Waals surface area contributed by atoms with E-state index in [-0.39, 0.29) is 78.2 Å². The molecule has 0 aliphatic carbocycles. The van der Waals surface area contributed by atoms with Crippen LogP contribution in [0.3, 0.4) is 0 Å². The number of para-hydroxylation sites is 6. The standard InChI is InChI=1S/C62H50N4/c1-61(2,3)49-31-19-29-45-55-51(63(39-21-11-7-12-22-39)40-23-13-8-14-24-40)35-33-43-47-38-54-48(37-53(47)65(57(45)49)59(43)55)44-34-36-52(64(41-25-15-9-16-26-41)42-27-17-10-18-28-42)56-46-30-20-32-50(62(4,5)6)58(46)66(54)60(44)56/h7-38H,1-6H3/i7D,8D,9D,10D,11D,12D,13D,14D,15D,16D,17D,18D,19D,20D,21D,22D,23D,24D,25D,26D,27D,28D,29D,30D,31D,32D. The van der Waals surface area contributed by atoms with Gasteiger partial charge in [0, 0.05) is 65.8 Å². The highest BCUT2D eigenvalue weighted by Gasteiger charge is 2.31. The van der Waals surface area contributed by atoms with Gasteiger partial charge >= 0.3 is 0 Å². The third-order valence-corrected chi connectivity index (χ3v) is 12.4. The Kier molecular flexibility index (Phi) is 4.31. The number of rotatable bonds is 6. The van der Waals surface area contributed by atoms with Gasteiger partial charge in [-0.05, 0) is 94.6 Å². The van der Waals surface area contributed by atoms with Crippen molar-refractivity contribution in [1.29, 1.82) is 0 Å². The number of hydrogen-bond acceptors (Lipinski definition) is 2. The van der Waals surface area contributed by atoms with E-state index in [0.717, 1.165) is 9.80 Å². The molecule has 0 aliphatic rings. The van der Waals surface area contributed by atoms with Crippen LogP contribution in [0.4, 0.5) is 34.1 Å². The average Bonchev–Trinajstić information content (AvgIpc) is 1.50. The first-order valence-corrected chi connectivity index (χ1v) is 21.2. The van der Waals surface area contributed by atoms with E-state index in [1.165, 1.54) is 12.1 Å². The number of aromatic nitrogens is 2. The van der Waals surface area contributed by atoms with Crippen molar-refractivity contribution < 1.29 is 35.6 Å². The molecule has 13 aromatic rings. The van der Waals surface area contributed by atoms with Crippen molar-refractivity contribution in [3.63, 3.8) is 0 Å². The zero-order chi connectivity index (χ0) is 67.3. The molecule has 0 aliphatic heterocycles. The monoisotopic (exact) mass is 877 g/mol. The van der Waals surface area contributed by atoms with Crippen LogP contribution in [0.1, 0.15) is 88.3 Å². The second kappa shape index (κ2) is 13.8. The summed E-state index contributed by atoms with van der Waals surface area (Å²) in [5.41, 5.74) is -2.42. The van der Waals surface area contributed by atoms with Gasteiger partial charge in [0.25, 0.3) is 0 Å². The van der Waals surface area contributed by atoms with Crippen LogP contribution in [-0.4, -0.2) is 8.80 Å². The van der Waals surface area contributed by atoms with Gasteiger partial charge in [-0.25, -0.2) is 0 Å². The molecule has 0 unspecified atom stereocenters. The maximum atomic E-state index is 9.86. The Labute approximate surface area is 421 Å². The Hall–Kier alpha value is -7.82. The number of nitrogens with zero attached hydrogens (tertiary/aromatic N) is 4. The fourth-order valence-electron chi connectivity index (χ4n) is 9.83. The number of fused-ring (bicyclic) bond motifs is 12. The number of benzene rings is 9. The van der Waals surface area contributed by atoms with Crippen LogP contribution in [0.2, 0.25) is 0 Å². The molecule has 0 bridgehead atoms. The van der Waals surface area contributed by atoms with Gasteiger partial charge in [0.05, 0.1) is 80.1 Å². The predicted molar refractivity (Wildman–Crippen MR) is 283 cm³/mol. The normalized spacial score (nSPS) is 18.2. The van der Waals surface area contributed by atoms with Crippen molar-refractivity contribution in [2.24, 2.45) is 0 Å². The molecule has 0 radical (unpaired) electrons. The lowest BCUT2D eigenvalue weighted by molar-refractivity contribution is 0.594. The molecule has 4 nitrogen and oxygen atoms in total. The van der Waals surface area contributed by atoms with Crippen molar-refractivity contribution >= 4 is 110 Å². The van der Waals surface area contributed by atoms with Gasteiger partial charge in [-0.15, -0.1) is 0 Å². The molecule has 0 N–H and O–H groups in total. The molecule has 318 valence electrons. The van der Waals surface area contributed by atoms with E-state index in [9.17, 15) is 19.2 Å². The van der Waals surface area contributed by atoms with Crippen molar-refractivity contribution in [3.05, 3.63) is 205 Å². The second-order valence-corrected chi connectivity index (χ2v) is 18.3. The van der Waals surface area contributed by atoms with Crippen LogP contribution in [0.25, 0.3) is 76.2 Å². The zero-order valence-electron chi connectivity index (χ0n) is 62.3. The lowest BCUT2D eigenvalue weighted by Gasteiger charge is -2.26.